The number of amides is 1. The zero-order valence-corrected chi connectivity index (χ0v) is 16.5. The van der Waals surface area contributed by atoms with Gasteiger partial charge in [-0.25, -0.2) is 4.68 Å². The van der Waals surface area contributed by atoms with Crippen LogP contribution in [0.4, 0.5) is 0 Å². The monoisotopic (exact) mass is 393 g/mol. The van der Waals surface area contributed by atoms with E-state index in [2.05, 4.69) is 27.8 Å². The molecule has 0 saturated heterocycles. The molecule has 1 unspecified atom stereocenters. The van der Waals surface area contributed by atoms with Crippen LogP contribution in [0.15, 0.2) is 29.4 Å². The average molecular weight is 394 g/mol. The van der Waals surface area contributed by atoms with E-state index in [1.165, 1.54) is 31.0 Å². The van der Waals surface area contributed by atoms with Crippen LogP contribution in [-0.4, -0.2) is 31.9 Å². The minimum Gasteiger partial charge on any atom is -0.349 e. The highest BCUT2D eigenvalue weighted by atomic mass is 35.5. The van der Waals surface area contributed by atoms with Crippen molar-refractivity contribution >= 4 is 29.3 Å². The van der Waals surface area contributed by atoms with Gasteiger partial charge < -0.3 is 5.32 Å². The van der Waals surface area contributed by atoms with Crippen molar-refractivity contribution in [1.82, 2.24) is 25.5 Å². The molecule has 1 atom stereocenters. The molecule has 0 radical (unpaired) electrons. The predicted octanol–water partition coefficient (Wildman–Crippen LogP) is 4.19. The van der Waals surface area contributed by atoms with Crippen LogP contribution in [0.2, 0.25) is 5.02 Å². The summed E-state index contributed by atoms with van der Waals surface area (Å²) >= 11 is 7.34. The molecule has 0 aliphatic heterocycles. The number of nitrogens with zero attached hydrogens (tertiary/aromatic N) is 4. The third-order valence-electron chi connectivity index (χ3n) is 4.73. The molecule has 0 bridgehead atoms. The summed E-state index contributed by atoms with van der Waals surface area (Å²) < 4.78 is 1.90. The van der Waals surface area contributed by atoms with Crippen LogP contribution in [0.3, 0.4) is 0 Å². The fourth-order valence-electron chi connectivity index (χ4n) is 3.32. The summed E-state index contributed by atoms with van der Waals surface area (Å²) in [6.07, 6.45) is 6.76. The summed E-state index contributed by atoms with van der Waals surface area (Å²) in [7, 11) is 0. The molecular weight excluding hydrogens is 370 g/mol. The van der Waals surface area contributed by atoms with Gasteiger partial charge in [-0.15, -0.1) is 5.10 Å². The fraction of sp³-hybridized carbons (Fsp3) is 0.556. The Hall–Kier alpha value is -1.60. The van der Waals surface area contributed by atoms with Gasteiger partial charge in [-0.05, 0) is 47.4 Å². The van der Waals surface area contributed by atoms with Crippen molar-refractivity contribution in [1.29, 1.82) is 0 Å². The van der Waals surface area contributed by atoms with E-state index in [-0.39, 0.29) is 11.9 Å². The van der Waals surface area contributed by atoms with E-state index in [9.17, 15) is 4.79 Å². The van der Waals surface area contributed by atoms with Crippen molar-refractivity contribution in [3.63, 3.8) is 0 Å². The van der Waals surface area contributed by atoms with Gasteiger partial charge in [0, 0.05) is 5.02 Å². The molecule has 1 aromatic carbocycles. The number of nitrogens with one attached hydrogen (secondary N) is 1. The molecule has 1 heterocycles. The zero-order chi connectivity index (χ0) is 18.4. The molecule has 1 amide bonds. The lowest BCUT2D eigenvalue weighted by Crippen LogP contribution is -2.29. The number of hydrogen-bond donors (Lipinski definition) is 1. The lowest BCUT2D eigenvalue weighted by Gasteiger charge is -2.22. The number of benzene rings is 1. The van der Waals surface area contributed by atoms with E-state index >= 15 is 0 Å². The normalized spacial score (nSPS) is 16.4. The molecule has 6 nitrogen and oxygen atoms in total. The quantitative estimate of drug-likeness (QED) is 0.714. The molecule has 1 aromatic heterocycles. The van der Waals surface area contributed by atoms with Crippen molar-refractivity contribution < 1.29 is 4.79 Å². The van der Waals surface area contributed by atoms with Crippen LogP contribution in [0.5, 0.6) is 0 Å². The van der Waals surface area contributed by atoms with Crippen molar-refractivity contribution in [3.05, 3.63) is 34.9 Å². The summed E-state index contributed by atoms with van der Waals surface area (Å²) in [4.78, 5) is 12.4. The van der Waals surface area contributed by atoms with E-state index in [1.54, 1.807) is 0 Å². The Kier molecular flexibility index (Phi) is 6.91. The number of carbonyl (C=O) groups is 1. The number of tetrazole rings is 1. The average Bonchev–Trinajstić information content (AvgIpc) is 3.14. The first kappa shape index (κ1) is 19.2. The highest BCUT2D eigenvalue weighted by molar-refractivity contribution is 7.99. The summed E-state index contributed by atoms with van der Waals surface area (Å²) in [5, 5.41) is 16.6. The maximum atomic E-state index is 12.4. The molecule has 1 aliphatic carbocycles. The van der Waals surface area contributed by atoms with Crippen molar-refractivity contribution in [2.45, 2.75) is 62.7 Å². The maximum Gasteiger partial charge on any atom is 0.230 e. The number of aromatic nitrogens is 4. The van der Waals surface area contributed by atoms with Crippen LogP contribution in [-0.2, 0) is 4.79 Å². The van der Waals surface area contributed by atoms with Gasteiger partial charge in [-0.2, -0.15) is 0 Å². The van der Waals surface area contributed by atoms with Gasteiger partial charge in [0.2, 0.25) is 11.1 Å². The number of halogens is 1. The van der Waals surface area contributed by atoms with Gasteiger partial charge in [0.1, 0.15) is 0 Å². The number of carbonyl (C=O) groups excluding carboxylic acids is 1. The standard InChI is InChI=1S/C18H24ClN5OS/c1-2-16(13-8-10-14(19)11-9-13)20-17(25)12-26-18-21-22-23-24(18)15-6-4-3-5-7-15/h8-11,15-16H,2-7,12H2,1H3,(H,20,25). The second-order valence-electron chi connectivity index (χ2n) is 6.57. The topological polar surface area (TPSA) is 72.7 Å². The van der Waals surface area contributed by atoms with Crippen molar-refractivity contribution in [2.24, 2.45) is 0 Å². The van der Waals surface area contributed by atoms with Gasteiger partial charge in [-0.3, -0.25) is 4.79 Å². The minimum absolute atomic E-state index is 0.0185. The van der Waals surface area contributed by atoms with Crippen molar-refractivity contribution in [2.75, 3.05) is 5.75 Å². The highest BCUT2D eigenvalue weighted by Gasteiger charge is 2.21. The number of thioether (sulfide) groups is 1. The van der Waals surface area contributed by atoms with E-state index in [0.29, 0.717) is 16.8 Å². The van der Waals surface area contributed by atoms with Crippen LogP contribution in [0.25, 0.3) is 0 Å². The van der Waals surface area contributed by atoms with Gasteiger partial charge in [0.25, 0.3) is 0 Å². The lowest BCUT2D eigenvalue weighted by atomic mass is 9.96. The van der Waals surface area contributed by atoms with E-state index in [1.807, 2.05) is 28.9 Å². The van der Waals surface area contributed by atoms with Crippen LogP contribution < -0.4 is 5.32 Å². The van der Waals surface area contributed by atoms with E-state index < -0.39 is 0 Å². The molecule has 140 valence electrons. The second kappa shape index (κ2) is 9.37. The zero-order valence-electron chi connectivity index (χ0n) is 14.9. The first-order chi connectivity index (χ1) is 12.7. The third kappa shape index (κ3) is 4.98. The largest absolute Gasteiger partial charge is 0.349 e. The highest BCUT2D eigenvalue weighted by Crippen LogP contribution is 2.30. The number of rotatable bonds is 7. The minimum atomic E-state index is -0.0188. The maximum absolute atomic E-state index is 12.4. The Balaban J connectivity index is 1.55. The van der Waals surface area contributed by atoms with E-state index in [4.69, 9.17) is 11.6 Å². The SMILES string of the molecule is CCC(NC(=O)CSc1nnnn1C1CCCCC1)c1ccc(Cl)cc1. The third-order valence-corrected chi connectivity index (χ3v) is 5.92. The lowest BCUT2D eigenvalue weighted by molar-refractivity contribution is -0.119. The molecule has 26 heavy (non-hydrogen) atoms. The number of hydrogen-bond acceptors (Lipinski definition) is 5. The van der Waals surface area contributed by atoms with Crippen molar-refractivity contribution in [3.8, 4) is 0 Å². The van der Waals surface area contributed by atoms with E-state index in [0.717, 1.165) is 30.0 Å². The molecule has 1 fully saturated rings. The summed E-state index contributed by atoms with van der Waals surface area (Å²) in [5.41, 5.74) is 1.06. The Morgan fingerprint density at radius 3 is 2.73 bits per heavy atom. The van der Waals surface area contributed by atoms with Gasteiger partial charge in [0.15, 0.2) is 0 Å². The van der Waals surface area contributed by atoms with Crippen LogP contribution >= 0.6 is 23.4 Å². The molecule has 8 heteroatoms. The fourth-order valence-corrected chi connectivity index (χ4v) is 4.20. The molecular formula is C18H24ClN5OS. The predicted molar refractivity (Wildman–Crippen MR) is 103 cm³/mol. The Morgan fingerprint density at radius 2 is 2.04 bits per heavy atom. The molecule has 3 rings (SSSR count). The first-order valence-corrected chi connectivity index (χ1v) is 10.5. The van der Waals surface area contributed by atoms with Gasteiger partial charge >= 0.3 is 0 Å². The summed E-state index contributed by atoms with van der Waals surface area (Å²) in [5.74, 6) is 0.284. The molecule has 0 spiro atoms. The Bertz CT molecular complexity index is 715. The van der Waals surface area contributed by atoms with Gasteiger partial charge in [-0.1, -0.05) is 61.7 Å². The summed E-state index contributed by atoms with van der Waals surface area (Å²) in [6.45, 7) is 2.05. The summed E-state index contributed by atoms with van der Waals surface area (Å²) in [6, 6.07) is 7.94. The second-order valence-corrected chi connectivity index (χ2v) is 7.95. The first-order valence-electron chi connectivity index (χ1n) is 9.13. The van der Waals surface area contributed by atoms with Crippen LogP contribution in [0, 0.1) is 0 Å². The molecule has 1 aliphatic rings. The Labute approximate surface area is 163 Å². The Morgan fingerprint density at radius 1 is 1.31 bits per heavy atom. The molecule has 1 saturated carbocycles. The smallest absolute Gasteiger partial charge is 0.230 e. The van der Waals surface area contributed by atoms with Gasteiger partial charge in [0.05, 0.1) is 17.8 Å². The van der Waals surface area contributed by atoms with Crippen LogP contribution in [0.1, 0.15) is 63.1 Å². The molecule has 1 N–H and O–H groups in total. The molecule has 2 aromatic rings.